The van der Waals surface area contributed by atoms with Crippen LogP contribution in [0.25, 0.3) is 0 Å². The fourth-order valence-electron chi connectivity index (χ4n) is 2.12. The average molecular weight is 293 g/mol. The molecule has 8 nitrogen and oxygen atoms in total. The van der Waals surface area contributed by atoms with Crippen molar-refractivity contribution >= 4 is 23.4 Å². The van der Waals surface area contributed by atoms with Gasteiger partial charge in [-0.1, -0.05) is 13.8 Å². The first-order valence-electron chi connectivity index (χ1n) is 6.53. The predicted molar refractivity (Wildman–Crippen MR) is 80.7 cm³/mol. The monoisotopic (exact) mass is 293 g/mol. The number of guanidine groups is 1. The standard InChI is InChI=1S/C13H19N5O3/c1-4-8-6-10(18(20)21)7-9(5-2)11(8)17(12(14)15)13(19)16-3/h6-7H,4-5H2,1-3H3,(H3,14,15)(H,16,19). The van der Waals surface area contributed by atoms with Gasteiger partial charge in [-0.3, -0.25) is 15.5 Å². The molecular weight excluding hydrogens is 274 g/mol. The fraction of sp³-hybridized carbons (Fsp3) is 0.385. The quantitative estimate of drug-likeness (QED) is 0.338. The molecule has 21 heavy (non-hydrogen) atoms. The summed E-state index contributed by atoms with van der Waals surface area (Å²) in [4.78, 5) is 23.5. The number of hydrogen-bond donors (Lipinski definition) is 3. The summed E-state index contributed by atoms with van der Waals surface area (Å²) in [6, 6.07) is 2.27. The lowest BCUT2D eigenvalue weighted by molar-refractivity contribution is -0.385. The van der Waals surface area contributed by atoms with Gasteiger partial charge in [0.05, 0.1) is 10.6 Å². The van der Waals surface area contributed by atoms with Crippen LogP contribution in [-0.2, 0) is 12.8 Å². The number of aryl methyl sites for hydroxylation is 2. The van der Waals surface area contributed by atoms with Crippen LogP contribution in [0.3, 0.4) is 0 Å². The van der Waals surface area contributed by atoms with Crippen LogP contribution in [0.15, 0.2) is 12.1 Å². The molecule has 1 rings (SSSR count). The molecule has 0 spiro atoms. The molecular formula is C13H19N5O3. The maximum Gasteiger partial charge on any atom is 0.328 e. The van der Waals surface area contributed by atoms with E-state index >= 15 is 0 Å². The third-order valence-corrected chi connectivity index (χ3v) is 3.11. The third kappa shape index (κ3) is 3.28. The van der Waals surface area contributed by atoms with Crippen LogP contribution in [0.2, 0.25) is 0 Å². The molecule has 0 saturated heterocycles. The molecule has 1 aromatic rings. The van der Waals surface area contributed by atoms with Crippen LogP contribution in [0.4, 0.5) is 16.2 Å². The van der Waals surface area contributed by atoms with E-state index in [4.69, 9.17) is 11.1 Å². The van der Waals surface area contributed by atoms with E-state index in [2.05, 4.69) is 5.32 Å². The van der Waals surface area contributed by atoms with Gasteiger partial charge in [-0.2, -0.15) is 0 Å². The van der Waals surface area contributed by atoms with Gasteiger partial charge in [-0.25, -0.2) is 9.69 Å². The lowest BCUT2D eigenvalue weighted by Gasteiger charge is -2.25. The zero-order valence-corrected chi connectivity index (χ0v) is 12.3. The molecule has 0 saturated carbocycles. The molecule has 8 heteroatoms. The second-order valence-corrected chi connectivity index (χ2v) is 4.35. The van der Waals surface area contributed by atoms with Crippen molar-refractivity contribution < 1.29 is 9.72 Å². The number of urea groups is 1. The van der Waals surface area contributed by atoms with Crippen LogP contribution in [0.1, 0.15) is 25.0 Å². The summed E-state index contributed by atoms with van der Waals surface area (Å²) in [5, 5.41) is 21.0. The molecule has 0 unspecified atom stereocenters. The number of amides is 2. The van der Waals surface area contributed by atoms with E-state index in [1.165, 1.54) is 19.2 Å². The Bertz CT molecular complexity index is 560. The van der Waals surface area contributed by atoms with Crippen molar-refractivity contribution in [3.8, 4) is 0 Å². The second-order valence-electron chi connectivity index (χ2n) is 4.35. The highest BCUT2D eigenvalue weighted by atomic mass is 16.6. The first-order valence-corrected chi connectivity index (χ1v) is 6.53. The Kier molecular flexibility index (Phi) is 5.23. The molecule has 0 heterocycles. The molecule has 2 amide bonds. The third-order valence-electron chi connectivity index (χ3n) is 3.11. The number of rotatable bonds is 4. The summed E-state index contributed by atoms with van der Waals surface area (Å²) in [6.45, 7) is 3.65. The van der Waals surface area contributed by atoms with Crippen molar-refractivity contribution in [2.24, 2.45) is 5.73 Å². The normalized spacial score (nSPS) is 10.0. The smallest absolute Gasteiger partial charge is 0.328 e. The summed E-state index contributed by atoms with van der Waals surface area (Å²) in [5.41, 5.74) is 7.11. The number of benzene rings is 1. The number of carbonyl (C=O) groups is 1. The van der Waals surface area contributed by atoms with E-state index in [-0.39, 0.29) is 5.69 Å². The van der Waals surface area contributed by atoms with Crippen molar-refractivity contribution in [1.29, 1.82) is 5.41 Å². The molecule has 0 aliphatic carbocycles. The highest BCUT2D eigenvalue weighted by Gasteiger charge is 2.25. The number of nitrogens with zero attached hydrogens (tertiary/aromatic N) is 2. The van der Waals surface area contributed by atoms with E-state index in [0.717, 1.165) is 4.90 Å². The number of nitrogens with one attached hydrogen (secondary N) is 2. The minimum absolute atomic E-state index is 0.0344. The van der Waals surface area contributed by atoms with Crippen molar-refractivity contribution in [1.82, 2.24) is 5.32 Å². The average Bonchev–Trinajstić information content (AvgIpc) is 2.46. The fourth-order valence-corrected chi connectivity index (χ4v) is 2.12. The summed E-state index contributed by atoms with van der Waals surface area (Å²) >= 11 is 0. The molecule has 0 aliphatic heterocycles. The predicted octanol–water partition coefficient (Wildman–Crippen LogP) is 1.76. The van der Waals surface area contributed by atoms with Gasteiger partial charge in [0.1, 0.15) is 0 Å². The summed E-state index contributed by atoms with van der Waals surface area (Å²) in [7, 11) is 1.43. The molecule has 0 aromatic heterocycles. The molecule has 1 aromatic carbocycles. The van der Waals surface area contributed by atoms with E-state index in [9.17, 15) is 14.9 Å². The van der Waals surface area contributed by atoms with Crippen molar-refractivity contribution in [2.75, 3.05) is 11.9 Å². The van der Waals surface area contributed by atoms with Crippen LogP contribution in [0.5, 0.6) is 0 Å². The molecule has 0 aliphatic rings. The summed E-state index contributed by atoms with van der Waals surface area (Å²) in [5.74, 6) is -0.437. The topological polar surface area (TPSA) is 125 Å². The van der Waals surface area contributed by atoms with Gasteiger partial charge in [0.15, 0.2) is 0 Å². The number of anilines is 1. The van der Waals surface area contributed by atoms with Gasteiger partial charge in [-0.15, -0.1) is 0 Å². The molecule has 0 fully saturated rings. The number of nitro groups is 1. The van der Waals surface area contributed by atoms with Gasteiger partial charge >= 0.3 is 6.03 Å². The van der Waals surface area contributed by atoms with Gasteiger partial charge in [0, 0.05) is 19.2 Å². The second kappa shape index (κ2) is 6.69. The number of hydrogen-bond acceptors (Lipinski definition) is 4. The Morgan fingerprint density at radius 2 is 1.86 bits per heavy atom. The van der Waals surface area contributed by atoms with E-state index in [1.54, 1.807) is 0 Å². The first-order chi connectivity index (χ1) is 9.87. The number of carbonyl (C=O) groups excluding carboxylic acids is 1. The van der Waals surface area contributed by atoms with Crippen LogP contribution in [-0.4, -0.2) is 24.0 Å². The molecule has 0 bridgehead atoms. The summed E-state index contributed by atoms with van der Waals surface area (Å²) in [6.07, 6.45) is 0.954. The number of nitro benzene ring substituents is 1. The lowest BCUT2D eigenvalue weighted by Crippen LogP contribution is -2.47. The maximum atomic E-state index is 12.0. The number of nitrogens with two attached hydrogens (primary N) is 1. The summed E-state index contributed by atoms with van der Waals surface area (Å²) < 4.78 is 0. The Hall–Kier alpha value is -2.64. The lowest BCUT2D eigenvalue weighted by atomic mass is 10.0. The Morgan fingerprint density at radius 3 is 2.14 bits per heavy atom. The first kappa shape index (κ1) is 16.4. The van der Waals surface area contributed by atoms with E-state index in [1.807, 2.05) is 13.8 Å². The van der Waals surface area contributed by atoms with E-state index in [0.29, 0.717) is 29.7 Å². The van der Waals surface area contributed by atoms with Crippen molar-refractivity contribution in [3.05, 3.63) is 33.4 Å². The van der Waals surface area contributed by atoms with Crippen molar-refractivity contribution in [3.63, 3.8) is 0 Å². The Labute approximate surface area is 122 Å². The van der Waals surface area contributed by atoms with Crippen LogP contribution < -0.4 is 16.0 Å². The maximum absolute atomic E-state index is 12.0. The van der Waals surface area contributed by atoms with Gasteiger partial charge in [0.2, 0.25) is 5.96 Å². The number of non-ortho nitro benzene ring substituents is 1. The minimum Gasteiger partial charge on any atom is -0.369 e. The van der Waals surface area contributed by atoms with Crippen LogP contribution in [0, 0.1) is 15.5 Å². The van der Waals surface area contributed by atoms with Gasteiger partial charge in [0.25, 0.3) is 5.69 Å². The molecule has 114 valence electrons. The zero-order chi connectivity index (χ0) is 16.2. The Morgan fingerprint density at radius 1 is 1.38 bits per heavy atom. The SMILES string of the molecule is CCc1cc([N+](=O)[O-])cc(CC)c1N(C(=N)N)C(=O)NC. The Balaban J connectivity index is 3.62. The molecule has 0 atom stereocenters. The molecule has 0 radical (unpaired) electrons. The van der Waals surface area contributed by atoms with E-state index < -0.39 is 16.9 Å². The van der Waals surface area contributed by atoms with Gasteiger partial charge in [-0.05, 0) is 24.0 Å². The minimum atomic E-state index is -0.555. The van der Waals surface area contributed by atoms with Crippen LogP contribution >= 0.6 is 0 Å². The molecule has 4 N–H and O–H groups in total. The zero-order valence-electron chi connectivity index (χ0n) is 12.3. The highest BCUT2D eigenvalue weighted by Crippen LogP contribution is 2.31. The highest BCUT2D eigenvalue weighted by molar-refractivity contribution is 6.14. The largest absolute Gasteiger partial charge is 0.369 e. The van der Waals surface area contributed by atoms with Crippen molar-refractivity contribution in [2.45, 2.75) is 26.7 Å². The van der Waals surface area contributed by atoms with Gasteiger partial charge < -0.3 is 11.1 Å².